The van der Waals surface area contributed by atoms with Gasteiger partial charge in [-0.1, -0.05) is 0 Å². The van der Waals surface area contributed by atoms with Crippen LogP contribution in [0.2, 0.25) is 0 Å². The van der Waals surface area contributed by atoms with E-state index in [4.69, 9.17) is 4.74 Å². The van der Waals surface area contributed by atoms with Gasteiger partial charge in [-0.2, -0.15) is 0 Å². The summed E-state index contributed by atoms with van der Waals surface area (Å²) in [5, 5.41) is 0. The molecule has 0 saturated carbocycles. The first-order valence-electron chi connectivity index (χ1n) is 5.02. The lowest BCUT2D eigenvalue weighted by Gasteiger charge is -2.18. The van der Waals surface area contributed by atoms with Gasteiger partial charge >= 0.3 is 0 Å². The summed E-state index contributed by atoms with van der Waals surface area (Å²) in [6, 6.07) is 0. The second-order valence-electron chi connectivity index (χ2n) is 4.75. The number of rotatable bonds is 0. The predicted octanol–water partition coefficient (Wildman–Crippen LogP) is 1.93. The van der Waals surface area contributed by atoms with Gasteiger partial charge in [0.15, 0.2) is 11.5 Å². The molecule has 0 spiro atoms. The maximum atomic E-state index is 11.9. The molecule has 0 fully saturated rings. The summed E-state index contributed by atoms with van der Waals surface area (Å²) in [6.07, 6.45) is 0.525. The molecule has 3 heteroatoms. The number of hydrogen-bond donors (Lipinski definition) is 0. The van der Waals surface area contributed by atoms with Crippen LogP contribution < -0.4 is 0 Å². The summed E-state index contributed by atoms with van der Waals surface area (Å²) in [4.78, 5) is 23.8. The summed E-state index contributed by atoms with van der Waals surface area (Å²) in [6.45, 7) is 7.14. The number of ketones is 2. The van der Waals surface area contributed by atoms with Crippen LogP contribution in [0.3, 0.4) is 0 Å². The van der Waals surface area contributed by atoms with Crippen molar-refractivity contribution >= 4 is 11.6 Å². The van der Waals surface area contributed by atoms with Crippen LogP contribution in [0.5, 0.6) is 0 Å². The minimum absolute atomic E-state index is 0.0346. The number of allylic oxidation sites excluding steroid dienone is 2. The van der Waals surface area contributed by atoms with Crippen LogP contribution in [0, 0.1) is 0 Å². The zero-order chi connectivity index (χ0) is 11.4. The third-order valence-corrected chi connectivity index (χ3v) is 2.98. The third kappa shape index (κ3) is 1.34. The van der Waals surface area contributed by atoms with Crippen molar-refractivity contribution in [2.24, 2.45) is 0 Å². The predicted molar refractivity (Wildman–Crippen MR) is 55.2 cm³/mol. The van der Waals surface area contributed by atoms with Gasteiger partial charge in [-0.25, -0.2) is 0 Å². The molecule has 0 N–H and O–H groups in total. The van der Waals surface area contributed by atoms with Crippen LogP contribution in [0.25, 0.3) is 0 Å². The monoisotopic (exact) mass is 206 g/mol. The molecule has 0 aromatic rings. The minimum atomic E-state index is -0.430. The van der Waals surface area contributed by atoms with Gasteiger partial charge < -0.3 is 4.74 Å². The zero-order valence-electron chi connectivity index (χ0n) is 9.43. The van der Waals surface area contributed by atoms with Gasteiger partial charge in [0.25, 0.3) is 0 Å². The number of Topliss-reactive ketones (excluding diaryl/α,β-unsaturated/α-hetero) is 2. The Labute approximate surface area is 88.8 Å². The number of hydrogen-bond acceptors (Lipinski definition) is 3. The number of ether oxygens (including phenoxy) is 1. The lowest BCUT2D eigenvalue weighted by atomic mass is 9.87. The molecule has 15 heavy (non-hydrogen) atoms. The van der Waals surface area contributed by atoms with Gasteiger partial charge in [-0.05, 0) is 27.7 Å². The topological polar surface area (TPSA) is 43.4 Å². The molecule has 0 amide bonds. The highest BCUT2D eigenvalue weighted by atomic mass is 16.5. The Morgan fingerprint density at radius 1 is 1.07 bits per heavy atom. The quantitative estimate of drug-likeness (QED) is 0.569. The molecule has 0 unspecified atom stereocenters. The van der Waals surface area contributed by atoms with Crippen molar-refractivity contribution in [3.05, 3.63) is 22.5 Å². The summed E-state index contributed by atoms with van der Waals surface area (Å²) < 4.78 is 5.53. The molecule has 2 aliphatic rings. The number of carbonyl (C=O) groups is 2. The van der Waals surface area contributed by atoms with E-state index in [-0.39, 0.29) is 17.3 Å². The van der Waals surface area contributed by atoms with Gasteiger partial charge in [-0.15, -0.1) is 0 Å². The molecule has 3 nitrogen and oxygen atoms in total. The average molecular weight is 206 g/mol. The molecule has 80 valence electrons. The van der Waals surface area contributed by atoms with Crippen LogP contribution >= 0.6 is 0 Å². The summed E-state index contributed by atoms with van der Waals surface area (Å²) in [5.41, 5.74) is 1.19. The van der Waals surface area contributed by atoms with E-state index in [9.17, 15) is 9.59 Å². The van der Waals surface area contributed by atoms with Crippen molar-refractivity contribution in [3.8, 4) is 0 Å². The van der Waals surface area contributed by atoms with E-state index in [1.807, 2.05) is 13.8 Å². The van der Waals surface area contributed by atoms with Crippen LogP contribution in [0.1, 0.15) is 34.1 Å². The van der Waals surface area contributed by atoms with Crippen LogP contribution in [-0.4, -0.2) is 17.2 Å². The maximum absolute atomic E-state index is 11.9. The highest BCUT2D eigenvalue weighted by Crippen LogP contribution is 2.39. The van der Waals surface area contributed by atoms with Crippen molar-refractivity contribution in [3.63, 3.8) is 0 Å². The summed E-state index contributed by atoms with van der Waals surface area (Å²) in [7, 11) is 0. The fraction of sp³-hybridized carbons (Fsp3) is 0.500. The summed E-state index contributed by atoms with van der Waals surface area (Å²) >= 11 is 0. The van der Waals surface area contributed by atoms with E-state index in [0.717, 1.165) is 0 Å². The Morgan fingerprint density at radius 3 is 2.20 bits per heavy atom. The van der Waals surface area contributed by atoms with E-state index in [0.29, 0.717) is 23.1 Å². The Morgan fingerprint density at radius 2 is 1.60 bits per heavy atom. The van der Waals surface area contributed by atoms with Gasteiger partial charge in [-0.3, -0.25) is 9.59 Å². The fourth-order valence-electron chi connectivity index (χ4n) is 1.98. The lowest BCUT2D eigenvalue weighted by molar-refractivity contribution is -0.119. The second kappa shape index (κ2) is 2.81. The molecule has 0 radical (unpaired) electrons. The highest BCUT2D eigenvalue weighted by Gasteiger charge is 2.42. The first-order chi connectivity index (χ1) is 6.83. The molecule has 1 aliphatic heterocycles. The second-order valence-corrected chi connectivity index (χ2v) is 4.75. The molecular weight excluding hydrogens is 192 g/mol. The molecule has 2 rings (SSSR count). The highest BCUT2D eigenvalue weighted by molar-refractivity contribution is 6.24. The van der Waals surface area contributed by atoms with Gasteiger partial charge in [0.05, 0.1) is 0 Å². The Bertz CT molecular complexity index is 398. The number of carbonyl (C=O) groups excluding carboxylic acids is 2. The Hall–Kier alpha value is -1.38. The zero-order valence-corrected chi connectivity index (χ0v) is 9.43. The van der Waals surface area contributed by atoms with E-state index in [1.165, 1.54) is 0 Å². The lowest BCUT2D eigenvalue weighted by Crippen LogP contribution is -2.20. The van der Waals surface area contributed by atoms with Crippen molar-refractivity contribution < 1.29 is 14.3 Å². The average Bonchev–Trinajstić information content (AvgIpc) is 2.48. The Balaban J connectivity index is 2.49. The first kappa shape index (κ1) is 10.1. The molecule has 0 aromatic carbocycles. The van der Waals surface area contributed by atoms with Gasteiger partial charge in [0.2, 0.25) is 5.78 Å². The Kier molecular flexibility index (Phi) is 1.90. The van der Waals surface area contributed by atoms with E-state index in [2.05, 4.69) is 0 Å². The molecule has 1 heterocycles. The third-order valence-electron chi connectivity index (χ3n) is 2.98. The molecule has 1 aliphatic carbocycles. The van der Waals surface area contributed by atoms with Crippen molar-refractivity contribution in [1.82, 2.24) is 0 Å². The SMILES string of the molecule is CC1=C(C)C(=O)C2=C(CC(C)(C)O2)C1=O. The standard InChI is InChI=1S/C12H14O3/c1-6-7(2)10(14)11-8(9(6)13)5-12(3,4)15-11/h5H2,1-4H3. The normalized spacial score (nSPS) is 24.5. The first-order valence-corrected chi connectivity index (χ1v) is 5.02. The van der Waals surface area contributed by atoms with Crippen LogP contribution in [-0.2, 0) is 14.3 Å². The van der Waals surface area contributed by atoms with Crippen LogP contribution in [0.15, 0.2) is 22.5 Å². The molecule has 0 atom stereocenters. The van der Waals surface area contributed by atoms with E-state index >= 15 is 0 Å². The van der Waals surface area contributed by atoms with Gasteiger partial charge in [0.1, 0.15) is 5.60 Å². The molecule has 0 bridgehead atoms. The largest absolute Gasteiger partial charge is 0.483 e. The molecule has 0 aromatic heterocycles. The van der Waals surface area contributed by atoms with Crippen molar-refractivity contribution in [1.29, 1.82) is 0 Å². The van der Waals surface area contributed by atoms with E-state index < -0.39 is 5.60 Å². The fourth-order valence-corrected chi connectivity index (χ4v) is 1.98. The molecule has 0 saturated heterocycles. The van der Waals surface area contributed by atoms with Crippen molar-refractivity contribution in [2.75, 3.05) is 0 Å². The maximum Gasteiger partial charge on any atom is 0.224 e. The van der Waals surface area contributed by atoms with Crippen LogP contribution in [0.4, 0.5) is 0 Å². The van der Waals surface area contributed by atoms with Gasteiger partial charge in [0, 0.05) is 23.1 Å². The minimum Gasteiger partial charge on any atom is -0.483 e. The van der Waals surface area contributed by atoms with Crippen molar-refractivity contribution in [2.45, 2.75) is 39.7 Å². The smallest absolute Gasteiger partial charge is 0.224 e. The molecular formula is C12H14O3. The summed E-state index contributed by atoms with van der Waals surface area (Å²) in [5.74, 6) is 0.105. The van der Waals surface area contributed by atoms with E-state index in [1.54, 1.807) is 13.8 Å².